The van der Waals surface area contributed by atoms with Gasteiger partial charge in [-0.2, -0.15) is 15.0 Å². The van der Waals surface area contributed by atoms with Crippen LogP contribution in [0.25, 0.3) is 0 Å². The van der Waals surface area contributed by atoms with E-state index in [2.05, 4.69) is 30.0 Å². The molecule has 1 aromatic carbocycles. The lowest BCUT2D eigenvalue weighted by atomic mass is 10.0. The molecule has 10 N–H and O–H groups in total. The standard InChI is InChI=1S/C25H37N13O2S.ClH/c1-14-7-22(31-15(2)30-14)36-41(39,40)21-5-3-20(4-6-21)32-23-33-24(37-10-16(26)8-17(27)11-37)35-25(34-23)38-12-18(28)9-19(29)13-38;/h3-7,16-19H,8-13,26-29H2,1-2H3,(H,30,31,36)(H,32,33,34,35);1H/t16-,17+,18-,19+;. The second-order valence-corrected chi connectivity index (χ2v) is 12.5. The number of aryl methyl sites for hydroxylation is 2. The maximum absolute atomic E-state index is 13.0. The van der Waals surface area contributed by atoms with Gasteiger partial charge in [-0.25, -0.2) is 18.4 Å². The van der Waals surface area contributed by atoms with Crippen molar-refractivity contribution in [3.63, 3.8) is 0 Å². The molecular weight excluding hydrogens is 582 g/mol. The number of piperidine rings is 2. The average Bonchev–Trinajstić information content (AvgIpc) is 2.87. The summed E-state index contributed by atoms with van der Waals surface area (Å²) in [5.41, 5.74) is 26.2. The molecule has 5 rings (SSSR count). The van der Waals surface area contributed by atoms with Gasteiger partial charge < -0.3 is 38.1 Å². The number of sulfonamides is 1. The number of halogens is 1. The molecule has 15 nitrogen and oxygen atoms in total. The minimum absolute atomic E-state index is 0. The van der Waals surface area contributed by atoms with E-state index >= 15 is 0 Å². The van der Waals surface area contributed by atoms with E-state index in [4.69, 9.17) is 27.9 Å². The smallest absolute Gasteiger partial charge is 0.263 e. The zero-order chi connectivity index (χ0) is 29.3. The molecule has 0 saturated carbocycles. The van der Waals surface area contributed by atoms with Gasteiger partial charge in [0, 0.05) is 67.8 Å². The van der Waals surface area contributed by atoms with Crippen LogP contribution < -0.4 is 42.8 Å². The Morgan fingerprint density at radius 2 is 1.26 bits per heavy atom. The van der Waals surface area contributed by atoms with Crippen LogP contribution in [0.4, 0.5) is 29.4 Å². The Bertz CT molecular complexity index is 1410. The van der Waals surface area contributed by atoms with Crippen molar-refractivity contribution in [2.45, 2.75) is 55.8 Å². The summed E-state index contributed by atoms with van der Waals surface area (Å²) in [5.74, 6) is 1.84. The van der Waals surface area contributed by atoms with E-state index < -0.39 is 10.0 Å². The lowest BCUT2D eigenvalue weighted by Gasteiger charge is -2.37. The van der Waals surface area contributed by atoms with Crippen molar-refractivity contribution >= 4 is 51.8 Å². The molecule has 0 spiro atoms. The summed E-state index contributed by atoms with van der Waals surface area (Å²) >= 11 is 0. The molecule has 0 amide bonds. The number of rotatable bonds is 7. The van der Waals surface area contributed by atoms with Crippen LogP contribution in [0.3, 0.4) is 0 Å². The van der Waals surface area contributed by atoms with Crippen LogP contribution in [0, 0.1) is 13.8 Å². The molecule has 0 bridgehead atoms. The Morgan fingerprint density at radius 1 is 0.762 bits per heavy atom. The Balaban J connectivity index is 0.00000405. The van der Waals surface area contributed by atoms with Crippen molar-refractivity contribution in [1.82, 2.24) is 24.9 Å². The van der Waals surface area contributed by atoms with Crippen LogP contribution in [0.1, 0.15) is 24.4 Å². The summed E-state index contributed by atoms with van der Waals surface area (Å²) in [7, 11) is -3.87. The van der Waals surface area contributed by atoms with Crippen molar-refractivity contribution in [1.29, 1.82) is 0 Å². The number of hydrogen-bond acceptors (Lipinski definition) is 14. The van der Waals surface area contributed by atoms with Gasteiger partial charge in [0.25, 0.3) is 10.0 Å². The molecule has 4 atom stereocenters. The van der Waals surface area contributed by atoms with Gasteiger partial charge >= 0.3 is 0 Å². The van der Waals surface area contributed by atoms with E-state index in [1.54, 1.807) is 32.0 Å². The summed E-state index contributed by atoms with van der Waals surface area (Å²) < 4.78 is 28.4. The molecule has 228 valence electrons. The van der Waals surface area contributed by atoms with Gasteiger partial charge in [0.2, 0.25) is 17.8 Å². The normalized spacial score (nSPS) is 22.8. The zero-order valence-corrected chi connectivity index (χ0v) is 25.1. The summed E-state index contributed by atoms with van der Waals surface area (Å²) in [6, 6.07) is 7.38. The second kappa shape index (κ2) is 12.8. The highest BCUT2D eigenvalue weighted by Crippen LogP contribution is 2.25. The fourth-order valence-electron chi connectivity index (χ4n) is 5.19. The number of nitrogens with one attached hydrogen (secondary N) is 2. The number of aromatic nitrogens is 5. The van der Waals surface area contributed by atoms with E-state index in [1.807, 2.05) is 9.80 Å². The second-order valence-electron chi connectivity index (χ2n) is 10.8. The maximum atomic E-state index is 13.0. The molecule has 0 unspecified atom stereocenters. The maximum Gasteiger partial charge on any atom is 0.263 e. The summed E-state index contributed by atoms with van der Waals surface area (Å²) in [4.78, 5) is 26.3. The molecule has 2 saturated heterocycles. The molecule has 17 heteroatoms. The van der Waals surface area contributed by atoms with Gasteiger partial charge in [0.15, 0.2) is 0 Å². The quantitative estimate of drug-likeness (QED) is 0.204. The zero-order valence-electron chi connectivity index (χ0n) is 23.5. The topological polar surface area (TPSA) is 233 Å². The predicted octanol–water partition coefficient (Wildman–Crippen LogP) is -0.0260. The molecule has 4 heterocycles. The highest BCUT2D eigenvalue weighted by molar-refractivity contribution is 7.92. The Morgan fingerprint density at radius 3 is 1.74 bits per heavy atom. The number of nitrogens with zero attached hydrogens (tertiary/aromatic N) is 7. The number of benzene rings is 1. The van der Waals surface area contributed by atoms with E-state index in [0.717, 1.165) is 12.8 Å². The first-order valence-electron chi connectivity index (χ1n) is 13.4. The molecular formula is C25H38ClN13O2S. The van der Waals surface area contributed by atoms with Gasteiger partial charge in [-0.15, -0.1) is 12.4 Å². The fourth-order valence-corrected chi connectivity index (χ4v) is 6.18. The van der Waals surface area contributed by atoms with Gasteiger partial charge in [0.1, 0.15) is 11.6 Å². The van der Waals surface area contributed by atoms with Crippen LogP contribution in [0.5, 0.6) is 0 Å². The molecule has 2 aliphatic heterocycles. The van der Waals surface area contributed by atoms with E-state index in [0.29, 0.717) is 55.3 Å². The molecule has 2 aliphatic rings. The van der Waals surface area contributed by atoms with Crippen molar-refractivity contribution in [2.24, 2.45) is 22.9 Å². The first-order valence-corrected chi connectivity index (χ1v) is 14.9. The van der Waals surface area contributed by atoms with Crippen molar-refractivity contribution in [3.05, 3.63) is 41.9 Å². The van der Waals surface area contributed by atoms with Gasteiger partial charge in [-0.1, -0.05) is 0 Å². The number of nitrogens with two attached hydrogens (primary N) is 4. The third kappa shape index (κ3) is 7.70. The minimum Gasteiger partial charge on any atom is -0.338 e. The summed E-state index contributed by atoms with van der Waals surface area (Å²) in [6.45, 7) is 5.69. The Hall–Kier alpha value is -3.41. The summed E-state index contributed by atoms with van der Waals surface area (Å²) in [6.07, 6.45) is 1.44. The largest absolute Gasteiger partial charge is 0.338 e. The molecule has 0 radical (unpaired) electrons. The molecule has 42 heavy (non-hydrogen) atoms. The Labute approximate surface area is 251 Å². The highest BCUT2D eigenvalue weighted by atomic mass is 35.5. The van der Waals surface area contributed by atoms with E-state index in [-0.39, 0.29) is 53.2 Å². The van der Waals surface area contributed by atoms with Crippen LogP contribution in [0.15, 0.2) is 35.2 Å². The number of anilines is 5. The van der Waals surface area contributed by atoms with Crippen LogP contribution in [-0.4, -0.2) is 83.7 Å². The molecule has 2 aromatic heterocycles. The third-order valence-electron chi connectivity index (χ3n) is 6.83. The first-order chi connectivity index (χ1) is 19.4. The first kappa shape index (κ1) is 31.5. The van der Waals surface area contributed by atoms with Gasteiger partial charge in [-0.3, -0.25) is 4.72 Å². The molecule has 3 aromatic rings. The van der Waals surface area contributed by atoms with Crippen LogP contribution in [-0.2, 0) is 10.0 Å². The van der Waals surface area contributed by atoms with Crippen molar-refractivity contribution in [3.8, 4) is 0 Å². The monoisotopic (exact) mass is 619 g/mol. The van der Waals surface area contributed by atoms with Crippen molar-refractivity contribution < 1.29 is 8.42 Å². The third-order valence-corrected chi connectivity index (χ3v) is 8.20. The molecule has 0 aliphatic carbocycles. The van der Waals surface area contributed by atoms with Crippen LogP contribution >= 0.6 is 12.4 Å². The number of hydrogen-bond donors (Lipinski definition) is 6. The van der Waals surface area contributed by atoms with E-state index in [9.17, 15) is 8.42 Å². The van der Waals surface area contributed by atoms with E-state index in [1.165, 1.54) is 12.1 Å². The fraction of sp³-hybridized carbons (Fsp3) is 0.480. The van der Waals surface area contributed by atoms with Gasteiger partial charge in [0.05, 0.1) is 4.90 Å². The minimum atomic E-state index is -3.87. The average molecular weight is 620 g/mol. The Kier molecular flexibility index (Phi) is 9.64. The highest BCUT2D eigenvalue weighted by Gasteiger charge is 2.29. The van der Waals surface area contributed by atoms with Crippen LogP contribution in [0.2, 0.25) is 0 Å². The lowest BCUT2D eigenvalue weighted by molar-refractivity contribution is 0.441. The summed E-state index contributed by atoms with van der Waals surface area (Å²) in [5, 5.41) is 3.17. The predicted molar refractivity (Wildman–Crippen MR) is 165 cm³/mol. The SMILES string of the molecule is Cc1cc(NS(=O)(=O)c2ccc(Nc3nc(N4C[C@H](N)C[C@H](N)C4)nc(N4C[C@H](N)C[C@H](N)C4)n3)cc2)nc(C)n1.Cl. The lowest BCUT2D eigenvalue weighted by Crippen LogP contribution is -2.54. The van der Waals surface area contributed by atoms with Gasteiger partial charge in [-0.05, 0) is 51.0 Å². The van der Waals surface area contributed by atoms with Crippen molar-refractivity contribution in [2.75, 3.05) is 46.0 Å². The molecule has 2 fully saturated rings.